The molecule has 0 unspecified atom stereocenters. The molecular formula is C16H13FO3. The van der Waals surface area contributed by atoms with Gasteiger partial charge in [-0.2, -0.15) is 0 Å². The van der Waals surface area contributed by atoms with Crippen LogP contribution in [0.1, 0.15) is 27.6 Å². The Labute approximate surface area is 116 Å². The third-order valence-electron chi connectivity index (χ3n) is 2.97. The molecule has 0 N–H and O–H groups in total. The van der Waals surface area contributed by atoms with Crippen molar-refractivity contribution in [2.24, 2.45) is 0 Å². The second kappa shape index (κ2) is 5.65. The highest BCUT2D eigenvalue weighted by Gasteiger charge is 2.12. The largest absolute Gasteiger partial charge is 0.465 e. The molecule has 102 valence electrons. The predicted molar refractivity (Wildman–Crippen MR) is 73.2 cm³/mol. The van der Waals surface area contributed by atoms with Gasteiger partial charge in [0.2, 0.25) is 0 Å². The molecule has 0 fully saturated rings. The number of hydrogen-bond donors (Lipinski definition) is 0. The van der Waals surface area contributed by atoms with E-state index in [-0.39, 0.29) is 11.3 Å². The van der Waals surface area contributed by atoms with Crippen LogP contribution in [0.5, 0.6) is 0 Å². The molecule has 2 aromatic rings. The molecule has 20 heavy (non-hydrogen) atoms. The van der Waals surface area contributed by atoms with Crippen molar-refractivity contribution in [1.29, 1.82) is 0 Å². The van der Waals surface area contributed by atoms with Gasteiger partial charge in [0.1, 0.15) is 5.82 Å². The van der Waals surface area contributed by atoms with Crippen LogP contribution in [0.25, 0.3) is 11.1 Å². The van der Waals surface area contributed by atoms with Gasteiger partial charge in [0.05, 0.1) is 12.7 Å². The van der Waals surface area contributed by atoms with Crippen LogP contribution in [0.4, 0.5) is 4.39 Å². The molecule has 0 aliphatic rings. The maximum atomic E-state index is 14.1. The Kier molecular flexibility index (Phi) is 3.94. The van der Waals surface area contributed by atoms with Gasteiger partial charge in [0.25, 0.3) is 0 Å². The van der Waals surface area contributed by atoms with Crippen LogP contribution >= 0.6 is 0 Å². The maximum Gasteiger partial charge on any atom is 0.337 e. The average Bonchev–Trinajstić information content (AvgIpc) is 2.46. The SMILES string of the molecule is COC(=O)c1ccc(-c2cccc(C(C)=O)c2)c(F)c1. The lowest BCUT2D eigenvalue weighted by molar-refractivity contribution is 0.0600. The Morgan fingerprint density at radius 3 is 2.40 bits per heavy atom. The molecule has 0 saturated carbocycles. The standard InChI is InChI=1S/C16H13FO3/c1-10(18)11-4-3-5-12(8-11)14-7-6-13(9-15(14)17)16(19)20-2/h3-9H,1-2H3. The molecule has 0 spiro atoms. The van der Waals surface area contributed by atoms with Crippen molar-refractivity contribution in [1.82, 2.24) is 0 Å². The number of rotatable bonds is 3. The lowest BCUT2D eigenvalue weighted by Crippen LogP contribution is -2.02. The van der Waals surface area contributed by atoms with E-state index in [4.69, 9.17) is 0 Å². The lowest BCUT2D eigenvalue weighted by atomic mass is 10.00. The van der Waals surface area contributed by atoms with E-state index in [1.807, 2.05) is 0 Å². The minimum atomic E-state index is -0.590. The Morgan fingerprint density at radius 1 is 1.05 bits per heavy atom. The van der Waals surface area contributed by atoms with Gasteiger partial charge in [-0.3, -0.25) is 4.79 Å². The van der Waals surface area contributed by atoms with Crippen molar-refractivity contribution < 1.29 is 18.7 Å². The third kappa shape index (κ3) is 2.74. The van der Waals surface area contributed by atoms with E-state index in [0.717, 1.165) is 6.07 Å². The first kappa shape index (κ1) is 13.9. The molecular weight excluding hydrogens is 259 g/mol. The first-order chi connectivity index (χ1) is 9.52. The number of esters is 1. The molecule has 2 aromatic carbocycles. The summed E-state index contributed by atoms with van der Waals surface area (Å²) in [6, 6.07) is 10.8. The van der Waals surface area contributed by atoms with Crippen molar-refractivity contribution in [3.8, 4) is 11.1 Å². The monoisotopic (exact) mass is 272 g/mol. The van der Waals surface area contributed by atoms with E-state index in [9.17, 15) is 14.0 Å². The molecule has 0 heterocycles. The minimum absolute atomic E-state index is 0.0848. The Balaban J connectivity index is 2.46. The molecule has 0 aromatic heterocycles. The molecule has 0 radical (unpaired) electrons. The van der Waals surface area contributed by atoms with Gasteiger partial charge in [-0.25, -0.2) is 9.18 Å². The smallest absolute Gasteiger partial charge is 0.337 e. The molecule has 0 aliphatic heterocycles. The van der Waals surface area contributed by atoms with Gasteiger partial charge in [-0.1, -0.05) is 24.3 Å². The number of hydrogen-bond acceptors (Lipinski definition) is 3. The number of ketones is 1. The van der Waals surface area contributed by atoms with E-state index in [1.165, 1.54) is 26.2 Å². The summed E-state index contributed by atoms with van der Waals surface area (Å²) in [6.45, 7) is 1.45. The number of Topliss-reactive ketones (excluding diaryl/α,β-unsaturated/α-hetero) is 1. The quantitative estimate of drug-likeness (QED) is 0.634. The number of carbonyl (C=O) groups is 2. The molecule has 3 nitrogen and oxygen atoms in total. The van der Waals surface area contributed by atoms with Gasteiger partial charge in [-0.15, -0.1) is 0 Å². The fourth-order valence-corrected chi connectivity index (χ4v) is 1.90. The van der Waals surface area contributed by atoms with Gasteiger partial charge in [-0.05, 0) is 30.7 Å². The van der Waals surface area contributed by atoms with Gasteiger partial charge in [0.15, 0.2) is 5.78 Å². The Morgan fingerprint density at radius 2 is 1.80 bits per heavy atom. The Hall–Kier alpha value is -2.49. The highest BCUT2D eigenvalue weighted by molar-refractivity contribution is 5.95. The van der Waals surface area contributed by atoms with E-state index < -0.39 is 11.8 Å². The van der Waals surface area contributed by atoms with Gasteiger partial charge < -0.3 is 4.74 Å². The van der Waals surface area contributed by atoms with Crippen LogP contribution < -0.4 is 0 Å². The lowest BCUT2D eigenvalue weighted by Gasteiger charge is -2.07. The van der Waals surface area contributed by atoms with Crippen LogP contribution in [-0.2, 0) is 4.74 Å². The minimum Gasteiger partial charge on any atom is -0.465 e. The summed E-state index contributed by atoms with van der Waals surface area (Å²) in [5.41, 5.74) is 1.59. The second-order valence-electron chi connectivity index (χ2n) is 4.32. The summed E-state index contributed by atoms with van der Waals surface area (Å²) >= 11 is 0. The normalized spacial score (nSPS) is 10.2. The van der Waals surface area contributed by atoms with Crippen LogP contribution in [0.3, 0.4) is 0 Å². The second-order valence-corrected chi connectivity index (χ2v) is 4.32. The number of benzene rings is 2. The third-order valence-corrected chi connectivity index (χ3v) is 2.97. The van der Waals surface area contributed by atoms with Crippen LogP contribution in [0.2, 0.25) is 0 Å². The predicted octanol–water partition coefficient (Wildman–Crippen LogP) is 3.48. The molecule has 0 amide bonds. The summed E-state index contributed by atoms with van der Waals surface area (Å²) in [5, 5.41) is 0. The van der Waals surface area contributed by atoms with Crippen molar-refractivity contribution in [3.63, 3.8) is 0 Å². The van der Waals surface area contributed by atoms with E-state index in [2.05, 4.69) is 4.74 Å². The van der Waals surface area contributed by atoms with E-state index in [0.29, 0.717) is 16.7 Å². The summed E-state index contributed by atoms with van der Waals surface area (Å²) in [7, 11) is 1.24. The molecule has 0 atom stereocenters. The number of carbonyl (C=O) groups excluding carboxylic acids is 2. The Bertz CT molecular complexity index is 677. The van der Waals surface area contributed by atoms with E-state index in [1.54, 1.807) is 24.3 Å². The van der Waals surface area contributed by atoms with Crippen molar-refractivity contribution in [2.45, 2.75) is 6.92 Å². The summed E-state index contributed by atoms with van der Waals surface area (Å²) in [5.74, 6) is -1.21. The van der Waals surface area contributed by atoms with Gasteiger partial charge in [0, 0.05) is 11.1 Å². The topological polar surface area (TPSA) is 43.4 Å². The van der Waals surface area contributed by atoms with Gasteiger partial charge >= 0.3 is 5.97 Å². The fraction of sp³-hybridized carbons (Fsp3) is 0.125. The highest BCUT2D eigenvalue weighted by Crippen LogP contribution is 2.25. The fourth-order valence-electron chi connectivity index (χ4n) is 1.90. The zero-order valence-corrected chi connectivity index (χ0v) is 11.1. The number of methoxy groups -OCH3 is 1. The van der Waals surface area contributed by atoms with Crippen molar-refractivity contribution >= 4 is 11.8 Å². The highest BCUT2D eigenvalue weighted by atomic mass is 19.1. The molecule has 0 aliphatic carbocycles. The average molecular weight is 272 g/mol. The first-order valence-corrected chi connectivity index (χ1v) is 6.02. The zero-order chi connectivity index (χ0) is 14.7. The molecule has 2 rings (SSSR count). The molecule has 0 bridgehead atoms. The molecule has 4 heteroatoms. The first-order valence-electron chi connectivity index (χ1n) is 6.02. The maximum absolute atomic E-state index is 14.1. The van der Waals surface area contributed by atoms with Crippen molar-refractivity contribution in [3.05, 3.63) is 59.4 Å². The van der Waals surface area contributed by atoms with E-state index >= 15 is 0 Å². The summed E-state index contributed by atoms with van der Waals surface area (Å²) in [4.78, 5) is 22.7. The number of halogens is 1. The van der Waals surface area contributed by atoms with Crippen molar-refractivity contribution in [2.75, 3.05) is 7.11 Å². The van der Waals surface area contributed by atoms with Crippen LogP contribution in [-0.4, -0.2) is 18.9 Å². The summed E-state index contributed by atoms with van der Waals surface area (Å²) in [6.07, 6.45) is 0. The zero-order valence-electron chi connectivity index (χ0n) is 11.1. The van der Waals surface area contributed by atoms with Crippen LogP contribution in [0, 0.1) is 5.82 Å². The summed E-state index contributed by atoms with van der Waals surface area (Å²) < 4.78 is 18.6. The van der Waals surface area contributed by atoms with Crippen LogP contribution in [0.15, 0.2) is 42.5 Å². The number of ether oxygens (including phenoxy) is 1. The molecule has 0 saturated heterocycles.